The summed E-state index contributed by atoms with van der Waals surface area (Å²) in [4.78, 5) is 2.27. The number of β-amino-alcohol motifs (C(OH)–C–C–N with tert-alkyl or cyclic N) is 1. The van der Waals surface area contributed by atoms with Gasteiger partial charge < -0.3 is 9.84 Å². The van der Waals surface area contributed by atoms with Crippen molar-refractivity contribution in [2.75, 3.05) is 20.2 Å². The fourth-order valence-corrected chi connectivity index (χ4v) is 2.85. The van der Waals surface area contributed by atoms with Gasteiger partial charge in [0.1, 0.15) is 5.75 Å². The molecule has 0 saturated heterocycles. The van der Waals surface area contributed by atoms with Crippen molar-refractivity contribution in [3.05, 3.63) is 27.7 Å². The van der Waals surface area contributed by atoms with Crippen LogP contribution in [0.1, 0.15) is 18.1 Å². The summed E-state index contributed by atoms with van der Waals surface area (Å²) in [5, 5.41) is 9.44. The number of nitrogens with zero attached hydrogens (tertiary/aromatic N) is 1. The molecule has 0 aliphatic carbocycles. The van der Waals surface area contributed by atoms with Crippen molar-refractivity contribution in [3.63, 3.8) is 0 Å². The molecule has 1 heterocycles. The van der Waals surface area contributed by atoms with Crippen molar-refractivity contribution in [1.82, 2.24) is 4.90 Å². The van der Waals surface area contributed by atoms with Crippen LogP contribution in [0.2, 0.25) is 0 Å². The molecule has 1 unspecified atom stereocenters. The fraction of sp³-hybridized carbons (Fsp3) is 0.538. The number of rotatable bonds is 3. The maximum absolute atomic E-state index is 9.44. The molecule has 0 amide bonds. The first-order valence-electron chi connectivity index (χ1n) is 5.86. The Morgan fingerprint density at radius 1 is 1.53 bits per heavy atom. The van der Waals surface area contributed by atoms with Gasteiger partial charge in [-0.05, 0) is 31.0 Å². The lowest BCUT2D eigenvalue weighted by Gasteiger charge is -2.30. The molecule has 1 N–H and O–H groups in total. The normalized spacial score (nSPS) is 17.6. The molecule has 1 atom stereocenters. The standard InChI is InChI=1S/C13H18BrNO2/c1-9(16)7-15-4-3-10-5-11(14)6-13(17-2)12(10)8-15/h5-6,9,16H,3-4,7-8H2,1-2H3. The zero-order valence-corrected chi connectivity index (χ0v) is 11.8. The summed E-state index contributed by atoms with van der Waals surface area (Å²) in [5.41, 5.74) is 2.60. The molecular formula is C13H18BrNO2. The van der Waals surface area contributed by atoms with Gasteiger partial charge in [-0.3, -0.25) is 4.90 Å². The van der Waals surface area contributed by atoms with Crippen LogP contribution in [0.15, 0.2) is 16.6 Å². The first-order valence-corrected chi connectivity index (χ1v) is 6.65. The number of hydrogen-bond acceptors (Lipinski definition) is 3. The second-order valence-electron chi connectivity index (χ2n) is 4.58. The molecular weight excluding hydrogens is 282 g/mol. The van der Waals surface area contributed by atoms with Crippen LogP contribution in [0.25, 0.3) is 0 Å². The van der Waals surface area contributed by atoms with Crippen LogP contribution in [-0.4, -0.2) is 36.3 Å². The van der Waals surface area contributed by atoms with E-state index in [1.54, 1.807) is 7.11 Å². The number of hydrogen-bond donors (Lipinski definition) is 1. The summed E-state index contributed by atoms with van der Waals surface area (Å²) in [7, 11) is 1.70. The molecule has 0 spiro atoms. The summed E-state index contributed by atoms with van der Waals surface area (Å²) >= 11 is 3.50. The highest BCUT2D eigenvalue weighted by atomic mass is 79.9. The Kier molecular flexibility index (Phi) is 4.07. The average molecular weight is 300 g/mol. The Hall–Kier alpha value is -0.580. The second-order valence-corrected chi connectivity index (χ2v) is 5.50. The Bertz CT molecular complexity index is 389. The van der Waals surface area contributed by atoms with E-state index in [9.17, 15) is 5.11 Å². The Labute approximate surface area is 111 Å². The fourth-order valence-electron chi connectivity index (χ4n) is 2.36. The zero-order chi connectivity index (χ0) is 12.4. The second kappa shape index (κ2) is 5.38. The topological polar surface area (TPSA) is 32.7 Å². The van der Waals surface area contributed by atoms with Crippen LogP contribution >= 0.6 is 15.9 Å². The minimum absolute atomic E-state index is 0.280. The van der Waals surface area contributed by atoms with Crippen LogP contribution in [-0.2, 0) is 13.0 Å². The van der Waals surface area contributed by atoms with Gasteiger partial charge in [-0.1, -0.05) is 15.9 Å². The van der Waals surface area contributed by atoms with Gasteiger partial charge in [-0.15, -0.1) is 0 Å². The predicted molar refractivity (Wildman–Crippen MR) is 71.4 cm³/mol. The molecule has 0 aromatic heterocycles. The van der Waals surface area contributed by atoms with Crippen molar-refractivity contribution in [2.24, 2.45) is 0 Å². The predicted octanol–water partition coefficient (Wildman–Crippen LogP) is 2.20. The average Bonchev–Trinajstić information content (AvgIpc) is 2.27. The molecule has 94 valence electrons. The van der Waals surface area contributed by atoms with E-state index < -0.39 is 0 Å². The van der Waals surface area contributed by atoms with Gasteiger partial charge >= 0.3 is 0 Å². The third-order valence-corrected chi connectivity index (χ3v) is 3.55. The monoisotopic (exact) mass is 299 g/mol. The number of aliphatic hydroxyl groups is 1. The first kappa shape index (κ1) is 12.9. The lowest BCUT2D eigenvalue weighted by Crippen LogP contribution is -2.35. The van der Waals surface area contributed by atoms with Crippen LogP contribution in [0.5, 0.6) is 5.75 Å². The zero-order valence-electron chi connectivity index (χ0n) is 10.2. The van der Waals surface area contributed by atoms with Crippen molar-refractivity contribution in [1.29, 1.82) is 0 Å². The largest absolute Gasteiger partial charge is 0.496 e. The van der Waals surface area contributed by atoms with E-state index in [4.69, 9.17) is 4.74 Å². The third kappa shape index (κ3) is 3.00. The van der Waals surface area contributed by atoms with Crippen LogP contribution in [0.4, 0.5) is 0 Å². The molecule has 3 nitrogen and oxygen atoms in total. The summed E-state index contributed by atoms with van der Waals surface area (Å²) in [5.74, 6) is 0.935. The highest BCUT2D eigenvalue weighted by molar-refractivity contribution is 9.10. The molecule has 1 aromatic carbocycles. The number of ether oxygens (including phenoxy) is 1. The Balaban J connectivity index is 2.24. The van der Waals surface area contributed by atoms with E-state index in [-0.39, 0.29) is 6.10 Å². The number of methoxy groups -OCH3 is 1. The van der Waals surface area contributed by atoms with E-state index in [1.807, 2.05) is 13.0 Å². The Morgan fingerprint density at radius 3 is 2.94 bits per heavy atom. The highest BCUT2D eigenvalue weighted by Gasteiger charge is 2.21. The van der Waals surface area contributed by atoms with Crippen molar-refractivity contribution in [2.45, 2.75) is 26.0 Å². The van der Waals surface area contributed by atoms with Crippen molar-refractivity contribution >= 4 is 15.9 Å². The van der Waals surface area contributed by atoms with Crippen LogP contribution in [0, 0.1) is 0 Å². The molecule has 0 saturated carbocycles. The summed E-state index contributed by atoms with van der Waals surface area (Å²) < 4.78 is 6.49. The maximum Gasteiger partial charge on any atom is 0.124 e. The molecule has 4 heteroatoms. The quantitative estimate of drug-likeness (QED) is 0.929. The molecule has 1 aliphatic heterocycles. The van der Waals surface area contributed by atoms with Crippen molar-refractivity contribution < 1.29 is 9.84 Å². The SMILES string of the molecule is COc1cc(Br)cc2c1CN(CC(C)O)CC2. The van der Waals surface area contributed by atoms with Crippen LogP contribution in [0.3, 0.4) is 0 Å². The number of halogens is 1. The van der Waals surface area contributed by atoms with Gasteiger partial charge in [-0.25, -0.2) is 0 Å². The number of fused-ring (bicyclic) bond motifs is 1. The lowest BCUT2D eigenvalue weighted by atomic mass is 9.98. The van der Waals surface area contributed by atoms with E-state index in [1.165, 1.54) is 11.1 Å². The van der Waals surface area contributed by atoms with E-state index in [2.05, 4.69) is 26.9 Å². The highest BCUT2D eigenvalue weighted by Crippen LogP contribution is 2.31. The van der Waals surface area contributed by atoms with Gasteiger partial charge in [-0.2, -0.15) is 0 Å². The van der Waals surface area contributed by atoms with Gasteiger partial charge in [0.15, 0.2) is 0 Å². The molecule has 17 heavy (non-hydrogen) atoms. The summed E-state index contributed by atoms with van der Waals surface area (Å²) in [6.07, 6.45) is 0.732. The van der Waals surface area contributed by atoms with Gasteiger partial charge in [0, 0.05) is 29.7 Å². The Morgan fingerprint density at radius 2 is 2.29 bits per heavy atom. The maximum atomic E-state index is 9.44. The van der Waals surface area contributed by atoms with Gasteiger partial charge in [0.2, 0.25) is 0 Å². The smallest absolute Gasteiger partial charge is 0.124 e. The number of benzene rings is 1. The third-order valence-electron chi connectivity index (χ3n) is 3.09. The van der Waals surface area contributed by atoms with Crippen LogP contribution < -0.4 is 4.74 Å². The number of aliphatic hydroxyl groups excluding tert-OH is 1. The van der Waals surface area contributed by atoms with Gasteiger partial charge in [0.05, 0.1) is 13.2 Å². The first-order chi connectivity index (χ1) is 8.10. The van der Waals surface area contributed by atoms with E-state index >= 15 is 0 Å². The molecule has 2 rings (SSSR count). The molecule has 0 radical (unpaired) electrons. The molecule has 1 aromatic rings. The minimum atomic E-state index is -0.280. The van der Waals surface area contributed by atoms with Crippen molar-refractivity contribution in [3.8, 4) is 5.75 Å². The van der Waals surface area contributed by atoms with E-state index in [0.717, 1.165) is 36.3 Å². The summed E-state index contributed by atoms with van der Waals surface area (Å²) in [6.45, 7) is 4.40. The molecule has 0 bridgehead atoms. The van der Waals surface area contributed by atoms with E-state index in [0.29, 0.717) is 0 Å². The minimum Gasteiger partial charge on any atom is -0.496 e. The molecule has 1 aliphatic rings. The van der Waals surface area contributed by atoms with Gasteiger partial charge in [0.25, 0.3) is 0 Å². The molecule has 0 fully saturated rings. The summed E-state index contributed by atoms with van der Waals surface area (Å²) in [6, 6.07) is 4.17. The lowest BCUT2D eigenvalue weighted by molar-refractivity contribution is 0.118.